The number of hydrogen-bond acceptors (Lipinski definition) is 9. The van der Waals surface area contributed by atoms with Crippen LogP contribution in [0.3, 0.4) is 0 Å². The molecule has 3 aromatic carbocycles. The SMILES string of the molecule is COc1cc2c(Oc3ccc(-n4nc(C(=O)NCc5ccc(F)cc5)c(C)cc4=O)cc3F)ccnc2cc1OCCCN1CCOCC1. The van der Waals surface area contributed by atoms with Gasteiger partial charge in [0.15, 0.2) is 28.8 Å². The van der Waals surface area contributed by atoms with E-state index in [2.05, 4.69) is 20.3 Å². The van der Waals surface area contributed by atoms with Crippen LogP contribution in [0.1, 0.15) is 28.0 Å². The van der Waals surface area contributed by atoms with Gasteiger partial charge in [-0.2, -0.15) is 9.78 Å². The van der Waals surface area contributed by atoms with E-state index < -0.39 is 17.3 Å². The first kappa shape index (κ1) is 33.5. The lowest BCUT2D eigenvalue weighted by molar-refractivity contribution is 0.0357. The Kier molecular flexibility index (Phi) is 10.4. The number of nitrogens with one attached hydrogen (secondary N) is 1. The van der Waals surface area contributed by atoms with E-state index in [1.807, 2.05) is 0 Å². The molecule has 0 spiro atoms. The predicted octanol–water partition coefficient (Wildman–Crippen LogP) is 5.20. The summed E-state index contributed by atoms with van der Waals surface area (Å²) in [5, 5.41) is 7.52. The number of ether oxygens (including phenoxy) is 4. The van der Waals surface area contributed by atoms with Gasteiger partial charge in [0.25, 0.3) is 11.5 Å². The standard InChI is InChI=1S/C36H35F2N5O6/c1-23-18-34(44)43(41-35(23)36(45)40-22-24-4-6-25(37)7-5-24)26-8-9-31(28(38)19-26)49-30-10-11-39-29-21-33(32(46-2)20-27(29)30)48-15-3-12-42-13-16-47-17-14-42/h4-11,18-21H,3,12-17,22H2,1-2H3,(H,40,45). The van der Waals surface area contributed by atoms with Gasteiger partial charge in [-0.05, 0) is 60.9 Å². The topological polar surface area (TPSA) is 117 Å². The highest BCUT2D eigenvalue weighted by molar-refractivity contribution is 5.93. The first-order chi connectivity index (χ1) is 23.8. The number of hydrogen-bond donors (Lipinski definition) is 1. The first-order valence-electron chi connectivity index (χ1n) is 15.8. The number of halogens is 2. The largest absolute Gasteiger partial charge is 0.493 e. The molecule has 6 rings (SSSR count). The molecule has 0 saturated carbocycles. The Morgan fingerprint density at radius 3 is 2.51 bits per heavy atom. The maximum Gasteiger partial charge on any atom is 0.272 e. The number of carbonyl (C=O) groups excluding carboxylic acids is 1. The van der Waals surface area contributed by atoms with Crippen LogP contribution >= 0.6 is 0 Å². The van der Waals surface area contributed by atoms with Crippen LogP contribution in [0.25, 0.3) is 16.6 Å². The summed E-state index contributed by atoms with van der Waals surface area (Å²) in [7, 11) is 1.54. The van der Waals surface area contributed by atoms with Gasteiger partial charge in [0.1, 0.15) is 11.6 Å². The van der Waals surface area contributed by atoms with Gasteiger partial charge in [0.05, 0.1) is 38.1 Å². The number of pyridine rings is 1. The fraction of sp³-hybridized carbons (Fsp3) is 0.278. The van der Waals surface area contributed by atoms with E-state index in [0.717, 1.165) is 50.0 Å². The molecule has 2 aromatic heterocycles. The van der Waals surface area contributed by atoms with Gasteiger partial charge in [0.2, 0.25) is 0 Å². The van der Waals surface area contributed by atoms with Crippen molar-refractivity contribution in [2.24, 2.45) is 0 Å². The highest BCUT2D eigenvalue weighted by Crippen LogP contribution is 2.37. The van der Waals surface area contributed by atoms with E-state index in [1.165, 1.54) is 30.3 Å². The lowest BCUT2D eigenvalue weighted by Crippen LogP contribution is -2.37. The highest BCUT2D eigenvalue weighted by Gasteiger charge is 2.18. The molecule has 1 N–H and O–H groups in total. The van der Waals surface area contributed by atoms with Crippen molar-refractivity contribution in [2.75, 3.05) is 46.6 Å². The molecular formula is C36H35F2N5O6. The van der Waals surface area contributed by atoms with Crippen molar-refractivity contribution in [2.45, 2.75) is 19.9 Å². The van der Waals surface area contributed by atoms with Crippen molar-refractivity contribution in [3.8, 4) is 28.7 Å². The lowest BCUT2D eigenvalue weighted by atomic mass is 10.1. The molecule has 1 amide bonds. The predicted molar refractivity (Wildman–Crippen MR) is 178 cm³/mol. The van der Waals surface area contributed by atoms with E-state index in [1.54, 1.807) is 50.6 Å². The van der Waals surface area contributed by atoms with Crippen LogP contribution in [0.4, 0.5) is 8.78 Å². The average Bonchev–Trinajstić information content (AvgIpc) is 3.11. The summed E-state index contributed by atoms with van der Waals surface area (Å²) in [6.45, 7) is 6.43. The molecule has 0 unspecified atom stereocenters. The molecule has 13 heteroatoms. The van der Waals surface area contributed by atoms with Crippen molar-refractivity contribution >= 4 is 16.8 Å². The number of aromatic nitrogens is 3. The summed E-state index contributed by atoms with van der Waals surface area (Å²) >= 11 is 0. The van der Waals surface area contributed by atoms with Crippen LogP contribution in [-0.2, 0) is 11.3 Å². The molecule has 0 radical (unpaired) electrons. The van der Waals surface area contributed by atoms with E-state index >= 15 is 4.39 Å². The summed E-state index contributed by atoms with van der Waals surface area (Å²) in [4.78, 5) is 32.6. The van der Waals surface area contributed by atoms with E-state index in [9.17, 15) is 14.0 Å². The van der Waals surface area contributed by atoms with Crippen LogP contribution in [0.2, 0.25) is 0 Å². The van der Waals surface area contributed by atoms with Crippen LogP contribution < -0.4 is 25.1 Å². The van der Waals surface area contributed by atoms with Crippen molar-refractivity contribution < 1.29 is 32.5 Å². The van der Waals surface area contributed by atoms with Crippen LogP contribution in [0, 0.1) is 18.6 Å². The molecule has 254 valence electrons. The molecule has 11 nitrogen and oxygen atoms in total. The van der Waals surface area contributed by atoms with Gasteiger partial charge < -0.3 is 24.3 Å². The number of rotatable bonds is 12. The summed E-state index contributed by atoms with van der Waals surface area (Å²) in [5.74, 6) is -0.436. The molecule has 1 fully saturated rings. The van der Waals surface area contributed by atoms with Crippen molar-refractivity contribution in [3.63, 3.8) is 0 Å². The van der Waals surface area contributed by atoms with E-state index in [-0.39, 0.29) is 29.5 Å². The number of aryl methyl sites for hydroxylation is 1. The second kappa shape index (κ2) is 15.2. The third-order valence-electron chi connectivity index (χ3n) is 8.05. The minimum Gasteiger partial charge on any atom is -0.493 e. The molecule has 0 aliphatic carbocycles. The smallest absolute Gasteiger partial charge is 0.272 e. The van der Waals surface area contributed by atoms with Gasteiger partial charge in [0, 0.05) is 56.0 Å². The second-order valence-corrected chi connectivity index (χ2v) is 11.4. The Morgan fingerprint density at radius 1 is 0.959 bits per heavy atom. The number of carbonyl (C=O) groups is 1. The van der Waals surface area contributed by atoms with Crippen LogP contribution in [-0.4, -0.2) is 72.1 Å². The molecule has 1 aliphatic heterocycles. The monoisotopic (exact) mass is 671 g/mol. The second-order valence-electron chi connectivity index (χ2n) is 11.4. The van der Waals surface area contributed by atoms with Gasteiger partial charge in [-0.1, -0.05) is 12.1 Å². The Labute approximate surface area is 281 Å². The molecule has 49 heavy (non-hydrogen) atoms. The van der Waals surface area contributed by atoms with Crippen LogP contribution in [0.15, 0.2) is 77.7 Å². The van der Waals surface area contributed by atoms with Crippen molar-refractivity contribution in [1.82, 2.24) is 25.0 Å². The fourth-order valence-electron chi connectivity index (χ4n) is 5.43. The average molecular weight is 672 g/mol. The number of amides is 1. The zero-order chi connectivity index (χ0) is 34.3. The molecule has 1 aliphatic rings. The van der Waals surface area contributed by atoms with Crippen LogP contribution in [0.5, 0.6) is 23.0 Å². The first-order valence-corrected chi connectivity index (χ1v) is 15.8. The zero-order valence-electron chi connectivity index (χ0n) is 27.1. The molecular weight excluding hydrogens is 636 g/mol. The Hall–Kier alpha value is -5.40. The summed E-state index contributed by atoms with van der Waals surface area (Å²) < 4.78 is 52.7. The summed E-state index contributed by atoms with van der Waals surface area (Å²) in [6, 6.07) is 16.0. The fourth-order valence-corrected chi connectivity index (χ4v) is 5.43. The molecule has 0 atom stereocenters. The van der Waals surface area contributed by atoms with Gasteiger partial charge in [-0.25, -0.2) is 8.78 Å². The third-order valence-corrected chi connectivity index (χ3v) is 8.05. The maximum absolute atomic E-state index is 15.5. The molecule has 3 heterocycles. The molecule has 1 saturated heterocycles. The van der Waals surface area contributed by atoms with Crippen molar-refractivity contribution in [3.05, 3.63) is 112 Å². The summed E-state index contributed by atoms with van der Waals surface area (Å²) in [5.41, 5.74) is 1.13. The van der Waals surface area contributed by atoms with E-state index in [4.69, 9.17) is 18.9 Å². The van der Waals surface area contributed by atoms with Gasteiger partial charge in [-0.3, -0.25) is 19.5 Å². The minimum atomic E-state index is -0.758. The Morgan fingerprint density at radius 2 is 1.76 bits per heavy atom. The number of morpholine rings is 1. The van der Waals surface area contributed by atoms with Gasteiger partial charge >= 0.3 is 0 Å². The number of benzene rings is 3. The Balaban J connectivity index is 1.17. The normalized spacial score (nSPS) is 13.3. The zero-order valence-corrected chi connectivity index (χ0v) is 27.1. The Bertz CT molecular complexity index is 2010. The molecule has 5 aromatic rings. The number of fused-ring (bicyclic) bond motifs is 1. The highest BCUT2D eigenvalue weighted by atomic mass is 19.1. The van der Waals surface area contributed by atoms with Crippen molar-refractivity contribution in [1.29, 1.82) is 0 Å². The lowest BCUT2D eigenvalue weighted by Gasteiger charge is -2.26. The minimum absolute atomic E-state index is 0.0138. The number of nitrogens with zero attached hydrogens (tertiary/aromatic N) is 4. The maximum atomic E-state index is 15.5. The third kappa shape index (κ3) is 8.02. The number of methoxy groups -OCH3 is 1. The van der Waals surface area contributed by atoms with E-state index in [0.29, 0.717) is 45.9 Å². The quantitative estimate of drug-likeness (QED) is 0.179. The summed E-state index contributed by atoms with van der Waals surface area (Å²) in [6.07, 6.45) is 2.39. The van der Waals surface area contributed by atoms with Gasteiger partial charge in [-0.15, -0.1) is 0 Å². The molecule has 0 bridgehead atoms.